The molecule has 3 aromatic carbocycles. The van der Waals surface area contributed by atoms with Gasteiger partial charge in [-0.2, -0.15) is 0 Å². The fourth-order valence-corrected chi connectivity index (χ4v) is 5.49. The van der Waals surface area contributed by atoms with E-state index in [-0.39, 0.29) is 0 Å². The lowest BCUT2D eigenvalue weighted by Crippen LogP contribution is -2.05. The van der Waals surface area contributed by atoms with Crippen LogP contribution in [-0.4, -0.2) is 0 Å². The molecule has 0 aromatic heterocycles. The van der Waals surface area contributed by atoms with Crippen LogP contribution >= 0.6 is 0 Å². The minimum Gasteiger partial charge on any atom is -0.0950 e. The van der Waals surface area contributed by atoms with E-state index in [1.807, 2.05) is 0 Å². The third-order valence-corrected chi connectivity index (χ3v) is 7.64. The zero-order valence-electron chi connectivity index (χ0n) is 20.2. The monoisotopic (exact) mass is 432 g/mol. The third-order valence-electron chi connectivity index (χ3n) is 7.64. The van der Waals surface area contributed by atoms with Crippen LogP contribution < -0.4 is 0 Å². The molecule has 1 fully saturated rings. The van der Waals surface area contributed by atoms with Crippen molar-refractivity contribution in [3.63, 3.8) is 0 Å². The lowest BCUT2D eigenvalue weighted by Gasteiger charge is -2.23. The van der Waals surface area contributed by atoms with Crippen LogP contribution in [0.3, 0.4) is 0 Å². The van der Waals surface area contributed by atoms with Crippen molar-refractivity contribution in [1.82, 2.24) is 0 Å². The summed E-state index contributed by atoms with van der Waals surface area (Å²) in [7, 11) is 0. The summed E-state index contributed by atoms with van der Waals surface area (Å²) in [5, 5.41) is 0. The van der Waals surface area contributed by atoms with E-state index in [0.717, 1.165) is 12.8 Å². The fourth-order valence-electron chi connectivity index (χ4n) is 5.49. The van der Waals surface area contributed by atoms with Crippen LogP contribution in [0, 0.1) is 5.92 Å². The minimum atomic E-state index is 0.479. The predicted octanol–water partition coefficient (Wildman–Crippen LogP) is 9.23. The second-order valence-corrected chi connectivity index (χ2v) is 10.4. The zero-order valence-corrected chi connectivity index (χ0v) is 20.2. The molecule has 0 heterocycles. The van der Waals surface area contributed by atoms with Crippen molar-refractivity contribution in [2.24, 2.45) is 5.92 Å². The zero-order chi connectivity index (χ0) is 22.8. The van der Waals surface area contributed by atoms with Gasteiger partial charge in [0.2, 0.25) is 0 Å². The van der Waals surface area contributed by atoms with Crippen LogP contribution in [0.4, 0.5) is 0 Å². The molecule has 0 amide bonds. The number of fused-ring (bicyclic) bond motifs is 1. The highest BCUT2D eigenvalue weighted by Crippen LogP contribution is 2.36. The summed E-state index contributed by atoms with van der Waals surface area (Å²) in [5.41, 5.74) is 12.4. The summed E-state index contributed by atoms with van der Waals surface area (Å²) in [6.07, 6.45) is 13.4. The maximum atomic E-state index is 4.27. The quantitative estimate of drug-likeness (QED) is 0.364. The second kappa shape index (κ2) is 9.56. The molecule has 33 heavy (non-hydrogen) atoms. The molecule has 2 aliphatic rings. The van der Waals surface area contributed by atoms with Gasteiger partial charge in [0.15, 0.2) is 0 Å². The van der Waals surface area contributed by atoms with E-state index in [9.17, 15) is 0 Å². The first kappa shape index (κ1) is 22.0. The molecular weight excluding hydrogens is 396 g/mol. The van der Waals surface area contributed by atoms with Gasteiger partial charge in [-0.3, -0.25) is 0 Å². The highest BCUT2D eigenvalue weighted by atomic mass is 14.2. The minimum absolute atomic E-state index is 0.479. The van der Waals surface area contributed by atoms with Crippen molar-refractivity contribution >= 4 is 11.6 Å². The molecule has 0 heteroatoms. The van der Waals surface area contributed by atoms with Crippen molar-refractivity contribution in [1.29, 1.82) is 0 Å². The van der Waals surface area contributed by atoms with Crippen molar-refractivity contribution in [3.05, 3.63) is 107 Å². The molecular formula is C33H36. The Hall–Kier alpha value is -2.86. The van der Waals surface area contributed by atoms with Crippen LogP contribution in [0.1, 0.15) is 85.3 Å². The van der Waals surface area contributed by atoms with Gasteiger partial charge in [-0.1, -0.05) is 106 Å². The predicted molar refractivity (Wildman–Crippen MR) is 144 cm³/mol. The lowest BCUT2D eigenvalue weighted by atomic mass is 9.82. The Balaban J connectivity index is 1.47. The smallest absolute Gasteiger partial charge is 0.00254 e. The van der Waals surface area contributed by atoms with Crippen molar-refractivity contribution in [3.8, 4) is 11.1 Å². The van der Waals surface area contributed by atoms with Crippen LogP contribution in [-0.2, 0) is 12.8 Å². The molecule has 1 saturated carbocycles. The molecule has 0 saturated heterocycles. The van der Waals surface area contributed by atoms with Crippen molar-refractivity contribution in [2.45, 2.75) is 64.7 Å². The van der Waals surface area contributed by atoms with E-state index in [1.54, 1.807) is 5.56 Å². The summed E-state index contributed by atoms with van der Waals surface area (Å²) < 4.78 is 0. The molecule has 0 N–H and O–H groups in total. The molecule has 0 unspecified atom stereocenters. The van der Waals surface area contributed by atoms with E-state index in [4.69, 9.17) is 0 Å². The van der Waals surface area contributed by atoms with Gasteiger partial charge in [0.25, 0.3) is 0 Å². The lowest BCUT2D eigenvalue weighted by molar-refractivity contribution is 0.443. The van der Waals surface area contributed by atoms with E-state index >= 15 is 0 Å². The maximum Gasteiger partial charge on any atom is -0.00254 e. The molecule has 2 aliphatic carbocycles. The highest BCUT2D eigenvalue weighted by molar-refractivity contribution is 5.72. The van der Waals surface area contributed by atoms with Crippen LogP contribution in [0.15, 0.2) is 73.3 Å². The van der Waals surface area contributed by atoms with Gasteiger partial charge < -0.3 is 0 Å². The van der Waals surface area contributed by atoms with E-state index < -0.39 is 0 Å². The second-order valence-electron chi connectivity index (χ2n) is 10.4. The Bertz CT molecular complexity index is 1170. The van der Waals surface area contributed by atoms with Crippen molar-refractivity contribution < 1.29 is 0 Å². The van der Waals surface area contributed by atoms with Gasteiger partial charge in [-0.15, -0.1) is 0 Å². The molecule has 0 atom stereocenters. The van der Waals surface area contributed by atoms with E-state index in [2.05, 4.69) is 93.2 Å². The number of benzene rings is 3. The SMILES string of the molecule is C=C(c1ccc(Cc2cc(-c3ccc4c(c3)C=CC4)cc(C3CCCCC3)c2)cc1)C(C)C. The molecule has 5 rings (SSSR count). The Morgan fingerprint density at radius 3 is 2.39 bits per heavy atom. The number of rotatable bonds is 6. The summed E-state index contributed by atoms with van der Waals surface area (Å²) in [6, 6.07) is 23.5. The number of hydrogen-bond acceptors (Lipinski definition) is 0. The van der Waals surface area contributed by atoms with Crippen LogP contribution in [0.2, 0.25) is 0 Å². The first-order chi connectivity index (χ1) is 16.1. The van der Waals surface area contributed by atoms with Gasteiger partial charge in [-0.05, 0) is 93.7 Å². The van der Waals surface area contributed by atoms with Gasteiger partial charge >= 0.3 is 0 Å². The number of hydrogen-bond donors (Lipinski definition) is 0. The van der Waals surface area contributed by atoms with E-state index in [1.165, 1.54) is 76.6 Å². The standard InChI is InChI=1S/C33H36/c1-23(2)24(3)27-14-12-25(13-15-27)18-26-19-32(28-8-5-4-6-9-28)22-33(20-26)31-17-16-29-10-7-11-30(29)21-31/h7,11-17,19-23,28H,3-6,8-10,18H2,1-2H3. The van der Waals surface area contributed by atoms with Crippen LogP contribution in [0.5, 0.6) is 0 Å². The molecule has 0 aliphatic heterocycles. The average Bonchev–Trinajstić information content (AvgIpc) is 3.32. The van der Waals surface area contributed by atoms with Crippen molar-refractivity contribution in [2.75, 3.05) is 0 Å². The number of allylic oxidation sites excluding steroid dienone is 2. The molecule has 0 spiro atoms. The van der Waals surface area contributed by atoms with Gasteiger partial charge in [0, 0.05) is 0 Å². The maximum absolute atomic E-state index is 4.27. The average molecular weight is 433 g/mol. The Morgan fingerprint density at radius 2 is 1.64 bits per heavy atom. The first-order valence-electron chi connectivity index (χ1n) is 12.8. The third kappa shape index (κ3) is 4.91. The van der Waals surface area contributed by atoms with Gasteiger partial charge in [-0.25, -0.2) is 0 Å². The summed E-state index contributed by atoms with van der Waals surface area (Å²) in [4.78, 5) is 0. The largest absolute Gasteiger partial charge is 0.0950 e. The first-order valence-corrected chi connectivity index (χ1v) is 12.8. The molecule has 0 bridgehead atoms. The summed E-state index contributed by atoms with van der Waals surface area (Å²) in [6.45, 7) is 8.69. The molecule has 3 aromatic rings. The summed E-state index contributed by atoms with van der Waals surface area (Å²) in [5.74, 6) is 1.19. The summed E-state index contributed by atoms with van der Waals surface area (Å²) >= 11 is 0. The molecule has 168 valence electrons. The Labute approximate surface area is 200 Å². The van der Waals surface area contributed by atoms with Gasteiger partial charge in [0.1, 0.15) is 0 Å². The Kier molecular flexibility index (Phi) is 6.36. The van der Waals surface area contributed by atoms with Crippen LogP contribution in [0.25, 0.3) is 22.8 Å². The molecule has 0 radical (unpaired) electrons. The topological polar surface area (TPSA) is 0 Å². The van der Waals surface area contributed by atoms with E-state index in [0.29, 0.717) is 11.8 Å². The normalized spacial score (nSPS) is 15.7. The molecule has 0 nitrogen and oxygen atoms in total. The highest BCUT2D eigenvalue weighted by Gasteiger charge is 2.18. The fraction of sp³-hybridized carbons (Fsp3) is 0.333. The Morgan fingerprint density at radius 1 is 0.848 bits per heavy atom. The van der Waals surface area contributed by atoms with Gasteiger partial charge in [0.05, 0.1) is 0 Å².